The van der Waals surface area contributed by atoms with E-state index in [1.807, 2.05) is 30.3 Å². The number of benzene rings is 2. The summed E-state index contributed by atoms with van der Waals surface area (Å²) in [6.45, 7) is 5.21. The Hall–Kier alpha value is -2.92. The maximum Gasteiger partial charge on any atom is 0.342 e. The number of piperidine rings is 1. The lowest BCUT2D eigenvalue weighted by Gasteiger charge is -2.23. The van der Waals surface area contributed by atoms with Gasteiger partial charge in [-0.25, -0.2) is 4.79 Å². The molecule has 1 saturated heterocycles. The number of rotatable bonds is 5. The van der Waals surface area contributed by atoms with Gasteiger partial charge in [-0.3, -0.25) is 4.79 Å². The number of hydrogen-bond donors (Lipinski definition) is 1. The summed E-state index contributed by atoms with van der Waals surface area (Å²) in [6, 6.07) is 14.5. The Morgan fingerprint density at radius 1 is 1.03 bits per heavy atom. The van der Waals surface area contributed by atoms with Gasteiger partial charge in [0.15, 0.2) is 11.0 Å². The van der Waals surface area contributed by atoms with Crippen molar-refractivity contribution in [1.29, 1.82) is 0 Å². The zero-order valence-electron chi connectivity index (χ0n) is 16.7. The summed E-state index contributed by atoms with van der Waals surface area (Å²) in [5.41, 5.74) is 1.80. The highest BCUT2D eigenvalue weighted by atomic mass is 16.5. The van der Waals surface area contributed by atoms with Gasteiger partial charge in [-0.05, 0) is 38.3 Å². The van der Waals surface area contributed by atoms with Crippen LogP contribution >= 0.6 is 0 Å². The third-order valence-electron chi connectivity index (χ3n) is 5.65. The predicted octanol–water partition coefficient (Wildman–Crippen LogP) is 2.99. The zero-order valence-corrected chi connectivity index (χ0v) is 16.7. The van der Waals surface area contributed by atoms with Gasteiger partial charge in [0.1, 0.15) is 24.5 Å². The van der Waals surface area contributed by atoms with Crippen molar-refractivity contribution in [3.63, 3.8) is 0 Å². The molecule has 0 amide bonds. The molecule has 2 aromatic carbocycles. The summed E-state index contributed by atoms with van der Waals surface area (Å²) in [4.78, 5) is 27.1. The third kappa shape index (κ3) is 4.10. The van der Waals surface area contributed by atoms with Crippen molar-refractivity contribution in [1.82, 2.24) is 0 Å². The molecular formula is C24H26NO4+. The van der Waals surface area contributed by atoms with Crippen LogP contribution in [0.4, 0.5) is 0 Å². The average Bonchev–Trinajstić information content (AvgIpc) is 2.77. The molecule has 1 fully saturated rings. The fraction of sp³-hybridized carbons (Fsp3) is 0.333. The van der Waals surface area contributed by atoms with Crippen LogP contribution in [0.25, 0.3) is 22.3 Å². The quantitative estimate of drug-likeness (QED) is 0.678. The fourth-order valence-corrected chi connectivity index (χ4v) is 4.00. The topological polar surface area (TPSA) is 60.9 Å². The van der Waals surface area contributed by atoms with E-state index in [0.717, 1.165) is 25.2 Å². The number of carbonyl (C=O) groups is 1. The number of para-hydroxylation sites is 1. The highest BCUT2D eigenvalue weighted by Crippen LogP contribution is 2.27. The summed E-state index contributed by atoms with van der Waals surface area (Å²) >= 11 is 0. The van der Waals surface area contributed by atoms with Gasteiger partial charge in [0.2, 0.25) is 0 Å². The first-order valence-electron chi connectivity index (χ1n) is 10.3. The second-order valence-electron chi connectivity index (χ2n) is 7.63. The van der Waals surface area contributed by atoms with E-state index in [4.69, 9.17) is 9.15 Å². The summed E-state index contributed by atoms with van der Waals surface area (Å²) in [5, 5.41) is 0.401. The van der Waals surface area contributed by atoms with E-state index in [1.54, 1.807) is 25.1 Å². The van der Waals surface area contributed by atoms with Gasteiger partial charge in [-0.2, -0.15) is 0 Å². The molecule has 0 atom stereocenters. The first kappa shape index (κ1) is 19.4. The van der Waals surface area contributed by atoms with Crippen molar-refractivity contribution < 1.29 is 18.8 Å². The van der Waals surface area contributed by atoms with Gasteiger partial charge in [0.05, 0.1) is 18.5 Å². The number of ether oxygens (including phenoxy) is 1. The highest BCUT2D eigenvalue weighted by molar-refractivity contribution is 6.02. The Labute approximate surface area is 169 Å². The van der Waals surface area contributed by atoms with Crippen molar-refractivity contribution in [3.05, 3.63) is 69.9 Å². The SMILES string of the molecule is Cc1c(-c2ccccc2)oc2c(C(=O)OCC[NH+]3CCCCC3)cccc2c1=O. The number of carbonyl (C=O) groups excluding carboxylic acids is 1. The van der Waals surface area contributed by atoms with Gasteiger partial charge < -0.3 is 14.1 Å². The third-order valence-corrected chi connectivity index (χ3v) is 5.65. The normalized spacial score (nSPS) is 14.8. The number of likely N-dealkylation sites (tertiary alicyclic amines) is 1. The van der Waals surface area contributed by atoms with Crippen LogP contribution in [0, 0.1) is 6.92 Å². The Kier molecular flexibility index (Phi) is 5.76. The van der Waals surface area contributed by atoms with Crippen LogP contribution in [-0.2, 0) is 4.74 Å². The second kappa shape index (κ2) is 8.62. The van der Waals surface area contributed by atoms with E-state index < -0.39 is 5.97 Å². The number of esters is 1. The Bertz CT molecular complexity index is 1070. The molecule has 150 valence electrons. The molecule has 0 saturated carbocycles. The van der Waals surface area contributed by atoms with Crippen molar-refractivity contribution in [3.8, 4) is 11.3 Å². The number of nitrogens with one attached hydrogen (secondary N) is 1. The number of hydrogen-bond acceptors (Lipinski definition) is 4. The van der Waals surface area contributed by atoms with Crippen LogP contribution in [0.1, 0.15) is 35.2 Å². The van der Waals surface area contributed by atoms with E-state index in [1.165, 1.54) is 24.2 Å². The van der Waals surface area contributed by atoms with Gasteiger partial charge in [0, 0.05) is 11.1 Å². The molecule has 2 heterocycles. The average molecular weight is 392 g/mol. The summed E-state index contributed by atoms with van der Waals surface area (Å²) in [7, 11) is 0. The lowest BCUT2D eigenvalue weighted by atomic mass is 10.0. The van der Waals surface area contributed by atoms with Crippen molar-refractivity contribution >= 4 is 16.9 Å². The lowest BCUT2D eigenvalue weighted by molar-refractivity contribution is -0.905. The van der Waals surface area contributed by atoms with Crippen molar-refractivity contribution in [2.45, 2.75) is 26.2 Å². The zero-order chi connectivity index (χ0) is 20.2. The van der Waals surface area contributed by atoms with Crippen molar-refractivity contribution in [2.24, 2.45) is 0 Å². The Balaban J connectivity index is 1.63. The molecule has 0 bridgehead atoms. The first-order chi connectivity index (χ1) is 14.1. The van der Waals surface area contributed by atoms with Crippen LogP contribution in [-0.4, -0.2) is 32.2 Å². The summed E-state index contributed by atoms with van der Waals surface area (Å²) in [6.07, 6.45) is 3.76. The van der Waals surface area contributed by atoms with E-state index in [9.17, 15) is 9.59 Å². The van der Waals surface area contributed by atoms with Crippen LogP contribution in [0.15, 0.2) is 57.7 Å². The van der Waals surface area contributed by atoms with E-state index in [-0.39, 0.29) is 11.0 Å². The van der Waals surface area contributed by atoms with Crippen LogP contribution < -0.4 is 10.3 Å². The number of fused-ring (bicyclic) bond motifs is 1. The standard InChI is InChI=1S/C24H25NO4/c1-17-21(26)19-11-8-12-20(23(19)29-22(17)18-9-4-2-5-10-18)24(27)28-16-15-25-13-6-3-7-14-25/h2,4-5,8-12H,3,6-7,13-16H2,1H3/p+1. The van der Waals surface area contributed by atoms with Gasteiger partial charge in [0.25, 0.3) is 0 Å². The molecule has 1 aliphatic rings. The van der Waals surface area contributed by atoms with E-state index in [2.05, 4.69) is 0 Å². The molecule has 5 heteroatoms. The fourth-order valence-electron chi connectivity index (χ4n) is 4.00. The minimum absolute atomic E-state index is 0.127. The van der Waals surface area contributed by atoms with Crippen LogP contribution in [0.2, 0.25) is 0 Å². The molecule has 5 nitrogen and oxygen atoms in total. The minimum Gasteiger partial charge on any atom is -0.456 e. The maximum atomic E-state index is 12.9. The first-order valence-corrected chi connectivity index (χ1v) is 10.3. The van der Waals surface area contributed by atoms with Crippen LogP contribution in [0.5, 0.6) is 0 Å². The Morgan fingerprint density at radius 3 is 2.55 bits per heavy atom. The largest absolute Gasteiger partial charge is 0.456 e. The molecule has 1 aromatic heterocycles. The maximum absolute atomic E-state index is 12.9. The molecule has 1 aliphatic heterocycles. The summed E-state index contributed by atoms with van der Waals surface area (Å²) in [5.74, 6) is 0.0409. The molecule has 0 aliphatic carbocycles. The monoisotopic (exact) mass is 392 g/mol. The van der Waals surface area contributed by atoms with Gasteiger partial charge >= 0.3 is 5.97 Å². The van der Waals surface area contributed by atoms with Gasteiger partial charge in [-0.1, -0.05) is 36.4 Å². The van der Waals surface area contributed by atoms with Gasteiger partial charge in [-0.15, -0.1) is 0 Å². The number of quaternary nitrogens is 1. The van der Waals surface area contributed by atoms with E-state index >= 15 is 0 Å². The second-order valence-corrected chi connectivity index (χ2v) is 7.63. The molecule has 1 N–H and O–H groups in total. The molecule has 0 radical (unpaired) electrons. The molecule has 29 heavy (non-hydrogen) atoms. The van der Waals surface area contributed by atoms with E-state index in [0.29, 0.717) is 28.9 Å². The Morgan fingerprint density at radius 2 is 1.79 bits per heavy atom. The molecule has 0 spiro atoms. The molecule has 3 aromatic rings. The smallest absolute Gasteiger partial charge is 0.342 e. The van der Waals surface area contributed by atoms with Crippen molar-refractivity contribution in [2.75, 3.05) is 26.2 Å². The minimum atomic E-state index is -0.446. The lowest BCUT2D eigenvalue weighted by Crippen LogP contribution is -3.13. The molecule has 4 rings (SSSR count). The highest BCUT2D eigenvalue weighted by Gasteiger charge is 2.20. The molecular weight excluding hydrogens is 366 g/mol. The van der Waals surface area contributed by atoms with Crippen LogP contribution in [0.3, 0.4) is 0 Å². The predicted molar refractivity (Wildman–Crippen MR) is 112 cm³/mol. The molecule has 0 unspecified atom stereocenters. The summed E-state index contributed by atoms with van der Waals surface area (Å²) < 4.78 is 11.6.